The summed E-state index contributed by atoms with van der Waals surface area (Å²) in [6, 6.07) is 0.892. The van der Waals surface area contributed by atoms with Gasteiger partial charge in [-0.05, 0) is 18.5 Å². The summed E-state index contributed by atoms with van der Waals surface area (Å²) in [6.45, 7) is 6.44. The molecule has 0 saturated carbocycles. The van der Waals surface area contributed by atoms with Crippen molar-refractivity contribution in [2.24, 2.45) is 11.7 Å². The molecule has 2 heterocycles. The van der Waals surface area contributed by atoms with Gasteiger partial charge in [0.1, 0.15) is 5.69 Å². The second-order valence-corrected chi connectivity index (χ2v) is 5.37. The minimum atomic E-state index is -4.43. The molecule has 0 radical (unpaired) electrons. The molecule has 0 amide bonds. The van der Waals surface area contributed by atoms with E-state index in [1.807, 2.05) is 0 Å². The summed E-state index contributed by atoms with van der Waals surface area (Å²) < 4.78 is 38.0. The Bertz CT molecular complexity index is 457. The number of nitrogens with two attached hydrogens (primary N) is 1. The number of piperazine rings is 1. The van der Waals surface area contributed by atoms with Crippen molar-refractivity contribution in [2.45, 2.75) is 13.1 Å². The van der Waals surface area contributed by atoms with Crippen LogP contribution in [0.5, 0.6) is 0 Å². The maximum absolute atomic E-state index is 12.7. The third-order valence-electron chi connectivity index (χ3n) is 3.56. The van der Waals surface area contributed by atoms with Gasteiger partial charge in [0.05, 0.1) is 0 Å². The van der Waals surface area contributed by atoms with Crippen molar-refractivity contribution >= 4 is 5.95 Å². The van der Waals surface area contributed by atoms with Crippen molar-refractivity contribution in [1.82, 2.24) is 14.9 Å². The number of aromatic nitrogens is 2. The fourth-order valence-corrected chi connectivity index (χ4v) is 2.30. The molecule has 1 unspecified atom stereocenters. The highest BCUT2D eigenvalue weighted by Crippen LogP contribution is 2.28. The van der Waals surface area contributed by atoms with Gasteiger partial charge in [0.15, 0.2) is 0 Å². The Morgan fingerprint density at radius 3 is 2.52 bits per heavy atom. The third-order valence-corrected chi connectivity index (χ3v) is 3.56. The van der Waals surface area contributed by atoms with Crippen molar-refractivity contribution in [1.29, 1.82) is 0 Å². The van der Waals surface area contributed by atoms with Crippen LogP contribution in [0.4, 0.5) is 19.1 Å². The number of hydrogen-bond donors (Lipinski definition) is 1. The van der Waals surface area contributed by atoms with Gasteiger partial charge in [-0.1, -0.05) is 6.92 Å². The molecule has 1 aromatic heterocycles. The molecule has 0 spiro atoms. The smallest absolute Gasteiger partial charge is 0.338 e. The van der Waals surface area contributed by atoms with Gasteiger partial charge in [0.25, 0.3) is 0 Å². The summed E-state index contributed by atoms with van der Waals surface area (Å²) in [5, 5.41) is 0. The molecule has 1 atom stereocenters. The number of halogens is 3. The van der Waals surface area contributed by atoms with E-state index < -0.39 is 11.9 Å². The second kappa shape index (κ2) is 6.57. The first-order valence-electron chi connectivity index (χ1n) is 6.97. The topological polar surface area (TPSA) is 58.3 Å². The largest absolute Gasteiger partial charge is 0.433 e. The van der Waals surface area contributed by atoms with E-state index in [0.29, 0.717) is 25.6 Å². The average molecular weight is 303 g/mol. The van der Waals surface area contributed by atoms with Crippen LogP contribution >= 0.6 is 0 Å². The van der Waals surface area contributed by atoms with Gasteiger partial charge in [-0.3, -0.25) is 4.90 Å². The van der Waals surface area contributed by atoms with Crippen LogP contribution in [0.3, 0.4) is 0 Å². The Balaban J connectivity index is 1.96. The minimum absolute atomic E-state index is 0.149. The SMILES string of the molecule is CC(CN)CN1CCN(c2nccc(C(F)(F)F)n2)CC1. The Morgan fingerprint density at radius 1 is 1.29 bits per heavy atom. The zero-order valence-electron chi connectivity index (χ0n) is 12.0. The normalized spacial score (nSPS) is 18.8. The number of hydrogen-bond acceptors (Lipinski definition) is 5. The molecule has 1 fully saturated rings. The number of rotatable bonds is 4. The molecule has 1 aliphatic rings. The summed E-state index contributed by atoms with van der Waals surface area (Å²) >= 11 is 0. The van der Waals surface area contributed by atoms with Crippen molar-refractivity contribution < 1.29 is 13.2 Å². The molecular weight excluding hydrogens is 283 g/mol. The van der Waals surface area contributed by atoms with E-state index >= 15 is 0 Å². The lowest BCUT2D eigenvalue weighted by Crippen LogP contribution is -2.48. The highest BCUT2D eigenvalue weighted by Gasteiger charge is 2.33. The van der Waals surface area contributed by atoms with Crippen LogP contribution in [0.1, 0.15) is 12.6 Å². The van der Waals surface area contributed by atoms with Crippen molar-refractivity contribution in [3.8, 4) is 0 Å². The Kier molecular flexibility index (Phi) is 5.00. The van der Waals surface area contributed by atoms with Crippen LogP contribution in [-0.4, -0.2) is 54.1 Å². The summed E-state index contributed by atoms with van der Waals surface area (Å²) in [5.74, 6) is 0.567. The maximum Gasteiger partial charge on any atom is 0.433 e. The summed E-state index contributed by atoms with van der Waals surface area (Å²) in [7, 11) is 0. The maximum atomic E-state index is 12.7. The lowest BCUT2D eigenvalue weighted by Gasteiger charge is -2.35. The summed E-state index contributed by atoms with van der Waals surface area (Å²) in [6.07, 6.45) is -3.27. The standard InChI is InChI=1S/C13H20F3N5/c1-10(8-17)9-20-4-6-21(7-5-20)12-18-3-2-11(19-12)13(14,15)16/h2-3,10H,4-9,17H2,1H3. The molecule has 0 aromatic carbocycles. The molecule has 1 aliphatic heterocycles. The van der Waals surface area contributed by atoms with Crippen LogP contribution in [0, 0.1) is 5.92 Å². The Morgan fingerprint density at radius 2 is 1.95 bits per heavy atom. The van der Waals surface area contributed by atoms with Crippen molar-refractivity contribution in [3.05, 3.63) is 18.0 Å². The van der Waals surface area contributed by atoms with Gasteiger partial charge in [0, 0.05) is 38.9 Å². The van der Waals surface area contributed by atoms with Gasteiger partial charge in [-0.25, -0.2) is 9.97 Å². The molecule has 2 N–H and O–H groups in total. The van der Waals surface area contributed by atoms with Gasteiger partial charge in [-0.15, -0.1) is 0 Å². The monoisotopic (exact) mass is 303 g/mol. The molecule has 0 aliphatic carbocycles. The van der Waals surface area contributed by atoms with Crippen molar-refractivity contribution in [3.63, 3.8) is 0 Å². The Hall–Kier alpha value is -1.41. The quantitative estimate of drug-likeness (QED) is 0.906. The number of anilines is 1. The minimum Gasteiger partial charge on any atom is -0.338 e. The van der Waals surface area contributed by atoms with Crippen LogP contribution < -0.4 is 10.6 Å². The molecule has 5 nitrogen and oxygen atoms in total. The highest BCUT2D eigenvalue weighted by molar-refractivity contribution is 5.31. The molecule has 8 heteroatoms. The molecule has 1 aromatic rings. The fraction of sp³-hybridized carbons (Fsp3) is 0.692. The second-order valence-electron chi connectivity index (χ2n) is 5.37. The molecule has 21 heavy (non-hydrogen) atoms. The number of alkyl halides is 3. The highest BCUT2D eigenvalue weighted by atomic mass is 19.4. The van der Waals surface area contributed by atoms with Gasteiger partial charge in [0.2, 0.25) is 5.95 Å². The third kappa shape index (κ3) is 4.28. The lowest BCUT2D eigenvalue weighted by atomic mass is 10.1. The zero-order chi connectivity index (χ0) is 15.5. The van der Waals surface area contributed by atoms with Crippen LogP contribution in [-0.2, 0) is 6.18 Å². The predicted molar refractivity (Wildman–Crippen MR) is 73.9 cm³/mol. The van der Waals surface area contributed by atoms with Crippen LogP contribution in [0.2, 0.25) is 0 Å². The first-order chi connectivity index (χ1) is 9.90. The molecular formula is C13H20F3N5. The molecule has 1 saturated heterocycles. The molecule has 2 rings (SSSR count). The van der Waals surface area contributed by atoms with E-state index in [0.717, 1.165) is 31.9 Å². The Labute approximate surface area is 122 Å². The van der Waals surface area contributed by atoms with E-state index in [2.05, 4.69) is 21.8 Å². The summed E-state index contributed by atoms with van der Waals surface area (Å²) in [5.41, 5.74) is 4.70. The predicted octanol–water partition coefficient (Wildman–Crippen LogP) is 1.21. The lowest BCUT2D eigenvalue weighted by molar-refractivity contribution is -0.141. The zero-order valence-corrected chi connectivity index (χ0v) is 12.0. The fourth-order valence-electron chi connectivity index (χ4n) is 2.30. The number of nitrogens with zero attached hydrogens (tertiary/aromatic N) is 4. The van der Waals surface area contributed by atoms with Crippen LogP contribution in [0.25, 0.3) is 0 Å². The first-order valence-corrected chi connectivity index (χ1v) is 6.97. The first kappa shape index (κ1) is 16.0. The van der Waals surface area contributed by atoms with Crippen LogP contribution in [0.15, 0.2) is 12.3 Å². The van der Waals surface area contributed by atoms with E-state index in [-0.39, 0.29) is 5.95 Å². The van der Waals surface area contributed by atoms with E-state index in [1.165, 1.54) is 0 Å². The van der Waals surface area contributed by atoms with Gasteiger partial charge >= 0.3 is 6.18 Å². The molecule has 0 bridgehead atoms. The molecule has 118 valence electrons. The summed E-state index contributed by atoms with van der Waals surface area (Å²) in [4.78, 5) is 11.6. The van der Waals surface area contributed by atoms with Gasteiger partial charge in [-0.2, -0.15) is 13.2 Å². The van der Waals surface area contributed by atoms with Gasteiger partial charge < -0.3 is 10.6 Å². The van der Waals surface area contributed by atoms with E-state index in [9.17, 15) is 13.2 Å². The van der Waals surface area contributed by atoms with E-state index in [4.69, 9.17) is 5.73 Å². The van der Waals surface area contributed by atoms with E-state index in [1.54, 1.807) is 4.90 Å². The average Bonchev–Trinajstić information content (AvgIpc) is 2.47. The van der Waals surface area contributed by atoms with Crippen molar-refractivity contribution in [2.75, 3.05) is 44.2 Å².